The van der Waals surface area contributed by atoms with Crippen LogP contribution < -0.4 is 5.32 Å². The number of para-hydroxylation sites is 1. The molecule has 8 heteroatoms. The Kier molecular flexibility index (Phi) is 8.15. The molecular weight excluding hydrogens is 399 g/mol. The fourth-order valence-electron chi connectivity index (χ4n) is 2.59. The molecule has 2 rings (SSSR count). The lowest BCUT2D eigenvalue weighted by atomic mass is 10.2. The topological polar surface area (TPSA) is 75.7 Å². The van der Waals surface area contributed by atoms with E-state index in [0.29, 0.717) is 18.7 Å². The van der Waals surface area contributed by atoms with Crippen molar-refractivity contribution in [3.8, 4) is 0 Å². The number of nitrogens with zero attached hydrogens (tertiary/aromatic N) is 1. The maximum atomic E-state index is 13.8. The lowest BCUT2D eigenvalue weighted by Gasteiger charge is -2.21. The van der Waals surface area contributed by atoms with Gasteiger partial charge in [0.15, 0.2) is 6.61 Å². The number of ether oxygens (including phenoxy) is 1. The number of rotatable bonds is 8. The minimum absolute atomic E-state index is 0.143. The van der Waals surface area contributed by atoms with Crippen molar-refractivity contribution in [3.05, 3.63) is 64.4 Å². The summed E-state index contributed by atoms with van der Waals surface area (Å²) in [6.07, 6.45) is 0.614. The largest absolute Gasteiger partial charge is 0.452 e. The molecule has 2 aromatic rings. The monoisotopic (exact) mass is 420 g/mol. The van der Waals surface area contributed by atoms with Gasteiger partial charge in [0.2, 0.25) is 5.91 Å². The number of hydrogen-bond donors (Lipinski definition) is 1. The lowest BCUT2D eigenvalue weighted by Crippen LogP contribution is -2.40. The lowest BCUT2D eigenvalue weighted by molar-refractivity contribution is -0.137. The van der Waals surface area contributed by atoms with Gasteiger partial charge in [-0.3, -0.25) is 9.59 Å². The van der Waals surface area contributed by atoms with Crippen LogP contribution in [0.4, 0.5) is 10.1 Å². The highest BCUT2D eigenvalue weighted by Gasteiger charge is 2.20. The van der Waals surface area contributed by atoms with Crippen LogP contribution in [0, 0.1) is 12.7 Å². The first-order valence-corrected chi connectivity index (χ1v) is 9.45. The second-order valence-corrected chi connectivity index (χ2v) is 6.82. The van der Waals surface area contributed by atoms with Crippen molar-refractivity contribution in [1.29, 1.82) is 0 Å². The summed E-state index contributed by atoms with van der Waals surface area (Å²) in [6, 6.07) is 10.8. The van der Waals surface area contributed by atoms with Crippen LogP contribution >= 0.6 is 11.6 Å². The summed E-state index contributed by atoms with van der Waals surface area (Å²) in [4.78, 5) is 38.0. The number of benzene rings is 2. The minimum atomic E-state index is -0.978. The number of carbonyl (C=O) groups is 3. The van der Waals surface area contributed by atoms with Crippen molar-refractivity contribution in [2.75, 3.05) is 25.0 Å². The number of nitrogens with one attached hydrogen (secondary N) is 1. The molecule has 0 unspecified atom stereocenters. The van der Waals surface area contributed by atoms with Crippen LogP contribution in [0.1, 0.15) is 29.3 Å². The molecular formula is C21H22ClFN2O4. The van der Waals surface area contributed by atoms with Gasteiger partial charge in [-0.2, -0.15) is 0 Å². The molecule has 0 atom stereocenters. The summed E-state index contributed by atoms with van der Waals surface area (Å²) in [7, 11) is 0. The van der Waals surface area contributed by atoms with Crippen molar-refractivity contribution in [3.63, 3.8) is 0 Å². The molecule has 6 nitrogen and oxygen atoms in total. The third-order valence-corrected chi connectivity index (χ3v) is 4.31. The van der Waals surface area contributed by atoms with Gasteiger partial charge in [0.25, 0.3) is 5.91 Å². The Morgan fingerprint density at radius 1 is 1.17 bits per heavy atom. The number of anilines is 1. The summed E-state index contributed by atoms with van der Waals surface area (Å²) < 4.78 is 18.7. The molecule has 0 spiro atoms. The Hall–Kier alpha value is -2.93. The zero-order valence-corrected chi connectivity index (χ0v) is 17.0. The Morgan fingerprint density at radius 2 is 1.90 bits per heavy atom. The maximum absolute atomic E-state index is 13.8. The molecule has 0 aliphatic carbocycles. The molecule has 0 aliphatic heterocycles. The zero-order valence-electron chi connectivity index (χ0n) is 16.2. The van der Waals surface area contributed by atoms with Crippen molar-refractivity contribution >= 4 is 35.1 Å². The van der Waals surface area contributed by atoms with E-state index in [4.69, 9.17) is 16.3 Å². The van der Waals surface area contributed by atoms with Crippen LogP contribution in [0.25, 0.3) is 0 Å². The van der Waals surface area contributed by atoms with E-state index in [1.165, 1.54) is 17.0 Å². The number of aryl methyl sites for hydroxylation is 1. The van der Waals surface area contributed by atoms with E-state index in [0.717, 1.165) is 11.6 Å². The molecule has 0 saturated heterocycles. The normalized spacial score (nSPS) is 10.3. The number of esters is 1. The van der Waals surface area contributed by atoms with Crippen molar-refractivity contribution in [2.45, 2.75) is 20.3 Å². The van der Waals surface area contributed by atoms with Crippen LogP contribution in [0.3, 0.4) is 0 Å². The first kappa shape index (κ1) is 22.4. The molecule has 0 aromatic heterocycles. The van der Waals surface area contributed by atoms with Crippen molar-refractivity contribution in [1.82, 2.24) is 4.90 Å². The Balaban J connectivity index is 1.95. The number of amides is 2. The minimum Gasteiger partial charge on any atom is -0.452 e. The van der Waals surface area contributed by atoms with Gasteiger partial charge in [0, 0.05) is 17.3 Å². The van der Waals surface area contributed by atoms with Gasteiger partial charge in [0.05, 0.1) is 12.1 Å². The van der Waals surface area contributed by atoms with E-state index in [9.17, 15) is 18.8 Å². The second-order valence-electron chi connectivity index (χ2n) is 6.38. The van der Waals surface area contributed by atoms with E-state index in [1.54, 1.807) is 12.1 Å². The molecule has 0 radical (unpaired) electrons. The average Bonchev–Trinajstić information content (AvgIpc) is 2.67. The molecule has 0 fully saturated rings. The van der Waals surface area contributed by atoms with Gasteiger partial charge in [-0.1, -0.05) is 36.7 Å². The Labute approximate surface area is 173 Å². The first-order valence-electron chi connectivity index (χ1n) is 9.07. The maximum Gasteiger partial charge on any atom is 0.341 e. The van der Waals surface area contributed by atoms with Crippen molar-refractivity contribution in [2.24, 2.45) is 0 Å². The standard InChI is InChI=1S/C21H22ClFN2O4/c1-3-10-25(12-19(26)24-18-7-5-4-6-14(18)2)20(27)13-29-21(28)16-9-8-15(22)11-17(16)23/h4-9,11H,3,10,12-13H2,1-2H3,(H,24,26). The third kappa shape index (κ3) is 6.57. The van der Waals surface area contributed by atoms with Gasteiger partial charge in [-0.05, 0) is 43.2 Å². The van der Waals surface area contributed by atoms with Crippen LogP contribution in [0.2, 0.25) is 5.02 Å². The smallest absolute Gasteiger partial charge is 0.341 e. The van der Waals surface area contributed by atoms with Gasteiger partial charge in [-0.15, -0.1) is 0 Å². The zero-order chi connectivity index (χ0) is 21.4. The molecule has 2 aromatic carbocycles. The van der Waals surface area contributed by atoms with Crippen molar-refractivity contribution < 1.29 is 23.5 Å². The van der Waals surface area contributed by atoms with Crippen LogP contribution in [0.5, 0.6) is 0 Å². The van der Waals surface area contributed by atoms with Crippen LogP contribution in [-0.2, 0) is 14.3 Å². The fraction of sp³-hybridized carbons (Fsp3) is 0.286. The van der Waals surface area contributed by atoms with E-state index >= 15 is 0 Å². The Bertz CT molecular complexity index is 904. The number of carbonyl (C=O) groups excluding carboxylic acids is 3. The van der Waals surface area contributed by atoms with E-state index in [-0.39, 0.29) is 23.0 Å². The van der Waals surface area contributed by atoms with Gasteiger partial charge >= 0.3 is 5.97 Å². The molecule has 0 saturated carbocycles. The van der Waals surface area contributed by atoms with E-state index in [2.05, 4.69) is 5.32 Å². The SMILES string of the molecule is CCCN(CC(=O)Nc1ccccc1C)C(=O)COC(=O)c1ccc(Cl)cc1F. The predicted octanol–water partition coefficient (Wildman–Crippen LogP) is 3.82. The summed E-state index contributed by atoms with van der Waals surface area (Å²) in [5, 5.41) is 2.90. The molecule has 154 valence electrons. The van der Waals surface area contributed by atoms with Crippen LogP contribution in [0.15, 0.2) is 42.5 Å². The number of halogens is 2. The highest BCUT2D eigenvalue weighted by molar-refractivity contribution is 6.30. The predicted molar refractivity (Wildman–Crippen MR) is 108 cm³/mol. The fourth-order valence-corrected chi connectivity index (χ4v) is 2.75. The first-order chi connectivity index (χ1) is 13.8. The highest BCUT2D eigenvalue weighted by Crippen LogP contribution is 2.16. The quantitative estimate of drug-likeness (QED) is 0.659. The average molecular weight is 421 g/mol. The highest BCUT2D eigenvalue weighted by atomic mass is 35.5. The van der Waals surface area contributed by atoms with E-state index in [1.807, 2.05) is 26.0 Å². The molecule has 29 heavy (non-hydrogen) atoms. The van der Waals surface area contributed by atoms with Gasteiger partial charge in [0.1, 0.15) is 5.82 Å². The summed E-state index contributed by atoms with van der Waals surface area (Å²) in [6.45, 7) is 3.24. The van der Waals surface area contributed by atoms with E-state index < -0.39 is 24.3 Å². The molecule has 0 heterocycles. The molecule has 1 N–H and O–H groups in total. The molecule has 0 bridgehead atoms. The van der Waals surface area contributed by atoms with Gasteiger partial charge in [-0.25, -0.2) is 9.18 Å². The Morgan fingerprint density at radius 3 is 2.55 bits per heavy atom. The van der Waals surface area contributed by atoms with Crippen LogP contribution in [-0.4, -0.2) is 42.4 Å². The third-order valence-electron chi connectivity index (χ3n) is 4.08. The molecule has 0 aliphatic rings. The summed E-state index contributed by atoms with van der Waals surface area (Å²) >= 11 is 5.65. The molecule has 2 amide bonds. The second kappa shape index (κ2) is 10.6. The van der Waals surface area contributed by atoms with Gasteiger partial charge < -0.3 is 15.0 Å². The number of hydrogen-bond acceptors (Lipinski definition) is 4. The summed E-state index contributed by atoms with van der Waals surface area (Å²) in [5.41, 5.74) is 1.24. The summed E-state index contributed by atoms with van der Waals surface area (Å²) in [5.74, 6) is -2.73.